The smallest absolute Gasteiger partial charge is 0.244 e. The Morgan fingerprint density at radius 2 is 1.96 bits per heavy atom. The van der Waals surface area contributed by atoms with Crippen LogP contribution in [0, 0.1) is 6.92 Å². The Hall–Kier alpha value is -3.08. The molecule has 1 amide bonds. The zero-order valence-electron chi connectivity index (χ0n) is 12.7. The number of phenols is 1. The van der Waals surface area contributed by atoms with Crippen LogP contribution in [0.3, 0.4) is 0 Å². The molecule has 0 unspecified atom stereocenters. The number of aromatic amines is 1. The second kappa shape index (κ2) is 6.36. The van der Waals surface area contributed by atoms with Crippen molar-refractivity contribution in [3.05, 3.63) is 65.4 Å². The first-order chi connectivity index (χ1) is 11.1. The molecule has 0 aliphatic carbocycles. The van der Waals surface area contributed by atoms with E-state index in [-0.39, 0.29) is 18.1 Å². The number of para-hydroxylation sites is 1. The second-order valence-electron chi connectivity index (χ2n) is 5.35. The van der Waals surface area contributed by atoms with Gasteiger partial charge in [0.25, 0.3) is 0 Å². The van der Waals surface area contributed by atoms with E-state index in [1.54, 1.807) is 30.5 Å². The number of carbonyl (C=O) groups is 1. The lowest BCUT2D eigenvalue weighted by Gasteiger charge is -2.01. The van der Waals surface area contributed by atoms with E-state index in [1.807, 2.05) is 31.2 Å². The highest BCUT2D eigenvalue weighted by Crippen LogP contribution is 2.19. The first-order valence-electron chi connectivity index (χ1n) is 7.30. The highest BCUT2D eigenvalue weighted by atomic mass is 16.3. The van der Waals surface area contributed by atoms with Crippen molar-refractivity contribution in [1.82, 2.24) is 10.4 Å². The van der Waals surface area contributed by atoms with E-state index < -0.39 is 0 Å². The maximum atomic E-state index is 11.9. The van der Waals surface area contributed by atoms with Crippen LogP contribution in [0.4, 0.5) is 0 Å². The Bertz CT molecular complexity index is 864. The third kappa shape index (κ3) is 3.40. The van der Waals surface area contributed by atoms with Crippen LogP contribution < -0.4 is 5.43 Å². The Morgan fingerprint density at radius 3 is 2.74 bits per heavy atom. The minimum atomic E-state index is -0.204. The summed E-state index contributed by atoms with van der Waals surface area (Å²) in [5, 5.41) is 14.3. The van der Waals surface area contributed by atoms with Crippen molar-refractivity contribution in [2.24, 2.45) is 5.10 Å². The fourth-order valence-corrected chi connectivity index (χ4v) is 2.47. The van der Waals surface area contributed by atoms with E-state index in [2.05, 4.69) is 15.5 Å². The Morgan fingerprint density at radius 1 is 1.22 bits per heavy atom. The van der Waals surface area contributed by atoms with Crippen molar-refractivity contribution in [3.63, 3.8) is 0 Å². The number of carbonyl (C=O) groups excluding carboxylic acids is 1. The molecular weight excluding hydrogens is 290 g/mol. The van der Waals surface area contributed by atoms with Gasteiger partial charge in [-0.15, -0.1) is 0 Å². The molecule has 2 aromatic carbocycles. The zero-order chi connectivity index (χ0) is 16.2. The predicted octanol–water partition coefficient (Wildman–Crippen LogP) is 2.87. The van der Waals surface area contributed by atoms with Crippen LogP contribution in [0.15, 0.2) is 53.6 Å². The molecule has 3 N–H and O–H groups in total. The molecule has 3 aromatic rings. The minimum Gasteiger partial charge on any atom is -0.508 e. The number of nitrogens with one attached hydrogen (secondary N) is 2. The molecule has 1 heterocycles. The third-order valence-corrected chi connectivity index (χ3v) is 3.63. The largest absolute Gasteiger partial charge is 0.508 e. The molecule has 0 saturated heterocycles. The maximum absolute atomic E-state index is 11.9. The third-order valence-electron chi connectivity index (χ3n) is 3.63. The summed E-state index contributed by atoms with van der Waals surface area (Å²) in [5.41, 5.74) is 6.36. The topological polar surface area (TPSA) is 77.5 Å². The number of hydrazone groups is 1. The Kier molecular flexibility index (Phi) is 4.10. The van der Waals surface area contributed by atoms with E-state index in [0.29, 0.717) is 0 Å². The standard InChI is InChI=1S/C18H17N3O2/c1-12-16(15-4-2-3-5-17(15)20-12)11-19-21-18(23)10-13-6-8-14(22)9-7-13/h2-9,11,20,22H,10H2,1H3,(H,21,23)/b19-11-. The number of fused-ring (bicyclic) bond motifs is 1. The van der Waals surface area contributed by atoms with Crippen molar-refractivity contribution in [1.29, 1.82) is 0 Å². The van der Waals surface area contributed by atoms with Gasteiger partial charge in [-0.25, -0.2) is 5.43 Å². The summed E-state index contributed by atoms with van der Waals surface area (Å²) in [6, 6.07) is 14.5. The van der Waals surface area contributed by atoms with Crippen molar-refractivity contribution in [3.8, 4) is 5.75 Å². The quantitative estimate of drug-likeness (QED) is 0.512. The van der Waals surface area contributed by atoms with Crippen LogP contribution in [-0.4, -0.2) is 22.2 Å². The summed E-state index contributed by atoms with van der Waals surface area (Å²) in [7, 11) is 0. The number of aromatic nitrogens is 1. The summed E-state index contributed by atoms with van der Waals surface area (Å²) in [5.74, 6) is -0.0218. The number of benzene rings is 2. The van der Waals surface area contributed by atoms with Gasteiger partial charge in [0.05, 0.1) is 12.6 Å². The number of phenolic OH excluding ortho intramolecular Hbond substituents is 1. The van der Waals surface area contributed by atoms with Crippen LogP contribution in [0.25, 0.3) is 10.9 Å². The minimum absolute atomic E-state index is 0.182. The van der Waals surface area contributed by atoms with Gasteiger partial charge in [0.2, 0.25) is 5.91 Å². The van der Waals surface area contributed by atoms with Crippen LogP contribution in [0.1, 0.15) is 16.8 Å². The summed E-state index contributed by atoms with van der Waals surface area (Å²) in [4.78, 5) is 15.2. The molecule has 0 aliphatic heterocycles. The van der Waals surface area contributed by atoms with E-state index in [9.17, 15) is 9.90 Å². The van der Waals surface area contributed by atoms with E-state index >= 15 is 0 Å². The Balaban J connectivity index is 1.67. The summed E-state index contributed by atoms with van der Waals surface area (Å²) >= 11 is 0. The molecule has 116 valence electrons. The van der Waals surface area contributed by atoms with Gasteiger partial charge in [-0.2, -0.15) is 5.10 Å². The normalized spacial score (nSPS) is 11.2. The predicted molar refractivity (Wildman–Crippen MR) is 90.6 cm³/mol. The number of aromatic hydroxyl groups is 1. The fourth-order valence-electron chi connectivity index (χ4n) is 2.47. The molecule has 0 aliphatic rings. The van der Waals surface area contributed by atoms with Gasteiger partial charge in [0.15, 0.2) is 0 Å². The highest BCUT2D eigenvalue weighted by Gasteiger charge is 2.06. The zero-order valence-corrected chi connectivity index (χ0v) is 12.7. The van der Waals surface area contributed by atoms with E-state index in [1.165, 1.54) is 0 Å². The number of amides is 1. The van der Waals surface area contributed by atoms with Gasteiger partial charge in [-0.1, -0.05) is 30.3 Å². The molecule has 1 aromatic heterocycles. The van der Waals surface area contributed by atoms with Crippen LogP contribution >= 0.6 is 0 Å². The maximum Gasteiger partial charge on any atom is 0.244 e. The first kappa shape index (κ1) is 14.8. The van der Waals surface area contributed by atoms with Crippen molar-refractivity contribution in [2.75, 3.05) is 0 Å². The molecule has 23 heavy (non-hydrogen) atoms. The first-order valence-corrected chi connectivity index (χ1v) is 7.30. The number of nitrogens with zero attached hydrogens (tertiary/aromatic N) is 1. The molecule has 0 spiro atoms. The molecule has 5 nitrogen and oxygen atoms in total. The lowest BCUT2D eigenvalue weighted by Crippen LogP contribution is -2.19. The SMILES string of the molecule is Cc1[nH]c2ccccc2c1/C=N\NC(=O)Cc1ccc(O)cc1. The average Bonchev–Trinajstić information content (AvgIpc) is 2.86. The lowest BCUT2D eigenvalue weighted by atomic mass is 10.1. The van der Waals surface area contributed by atoms with E-state index in [0.717, 1.165) is 27.7 Å². The van der Waals surface area contributed by atoms with Crippen molar-refractivity contribution >= 4 is 23.0 Å². The molecular formula is C18H17N3O2. The molecule has 0 atom stereocenters. The van der Waals surface area contributed by atoms with Gasteiger partial charge >= 0.3 is 0 Å². The fraction of sp³-hybridized carbons (Fsp3) is 0.111. The molecule has 3 rings (SSSR count). The average molecular weight is 307 g/mol. The molecule has 0 bridgehead atoms. The summed E-state index contributed by atoms with van der Waals surface area (Å²) in [6.07, 6.45) is 1.87. The van der Waals surface area contributed by atoms with E-state index in [4.69, 9.17) is 0 Å². The van der Waals surface area contributed by atoms with Crippen LogP contribution in [-0.2, 0) is 11.2 Å². The molecule has 0 radical (unpaired) electrons. The van der Waals surface area contributed by atoms with Crippen LogP contribution in [0.2, 0.25) is 0 Å². The molecule has 5 heteroatoms. The monoisotopic (exact) mass is 307 g/mol. The Labute approximate surface area is 133 Å². The summed E-state index contributed by atoms with van der Waals surface area (Å²) in [6.45, 7) is 1.97. The van der Waals surface area contributed by atoms with Crippen LogP contribution in [0.5, 0.6) is 5.75 Å². The van der Waals surface area contributed by atoms with Gasteiger partial charge in [-0.3, -0.25) is 4.79 Å². The number of hydrogen-bond acceptors (Lipinski definition) is 3. The second-order valence-corrected chi connectivity index (χ2v) is 5.35. The van der Waals surface area contributed by atoms with Gasteiger partial charge < -0.3 is 10.1 Å². The van der Waals surface area contributed by atoms with Gasteiger partial charge in [0.1, 0.15) is 5.75 Å². The summed E-state index contributed by atoms with van der Waals surface area (Å²) < 4.78 is 0. The number of H-pyrrole nitrogens is 1. The highest BCUT2D eigenvalue weighted by molar-refractivity contribution is 6.00. The lowest BCUT2D eigenvalue weighted by molar-refractivity contribution is -0.120. The van der Waals surface area contributed by atoms with Crippen molar-refractivity contribution < 1.29 is 9.90 Å². The van der Waals surface area contributed by atoms with Gasteiger partial charge in [0, 0.05) is 22.2 Å². The van der Waals surface area contributed by atoms with Gasteiger partial charge in [-0.05, 0) is 30.7 Å². The van der Waals surface area contributed by atoms with Crippen molar-refractivity contribution in [2.45, 2.75) is 13.3 Å². The number of aryl methyl sites for hydroxylation is 1. The number of hydrogen-bond donors (Lipinski definition) is 3. The number of rotatable bonds is 4. The molecule has 0 saturated carbocycles. The molecule has 0 fully saturated rings.